The molecule has 2 aromatic rings. The Morgan fingerprint density at radius 2 is 1.19 bits per heavy atom. The lowest BCUT2D eigenvalue weighted by Crippen LogP contribution is -2.61. The number of fused-ring (bicyclic) bond motifs is 2. The van der Waals surface area contributed by atoms with Crippen molar-refractivity contribution in [2.24, 2.45) is 0 Å². The topological polar surface area (TPSA) is 24.5 Å². The van der Waals surface area contributed by atoms with E-state index in [0.717, 1.165) is 30.0 Å². The molecule has 0 bridgehead atoms. The molecule has 1 unspecified atom stereocenters. The minimum atomic E-state index is -1.07. The van der Waals surface area contributed by atoms with Gasteiger partial charge in [0.15, 0.2) is 23.9 Å². The van der Waals surface area contributed by atoms with Crippen LogP contribution in [0.1, 0.15) is 169 Å². The summed E-state index contributed by atoms with van der Waals surface area (Å²) in [5.74, 6) is 2.46. The Hall–Kier alpha value is -2.70. The highest BCUT2D eigenvalue weighted by Crippen LogP contribution is 2.47. The number of benzene rings is 2. The number of hydrogen-bond donors (Lipinski definition) is 0. The average molecular weight is 745 g/mol. The highest BCUT2D eigenvalue weighted by molar-refractivity contribution is 5.85. The predicted molar refractivity (Wildman–Crippen MR) is 228 cm³/mol. The third-order valence-electron chi connectivity index (χ3n) is 14.2. The lowest BCUT2D eigenvalue weighted by Gasteiger charge is -2.37. The Labute approximate surface area is 331 Å². The third kappa shape index (κ3) is 7.95. The number of hydrogen-bond acceptors (Lipinski definition) is 2. The van der Waals surface area contributed by atoms with Crippen LogP contribution in [-0.4, -0.2) is 101 Å². The van der Waals surface area contributed by atoms with Gasteiger partial charge < -0.3 is 18.4 Å². The van der Waals surface area contributed by atoms with Crippen LogP contribution in [0.25, 0.3) is 0 Å². The van der Waals surface area contributed by atoms with E-state index in [1.54, 1.807) is 0 Å². The smallest absolute Gasteiger partial charge is 0.340 e. The van der Waals surface area contributed by atoms with Gasteiger partial charge in [0, 0.05) is 19.4 Å². The molecule has 0 aromatic heterocycles. The zero-order valence-electron chi connectivity index (χ0n) is 37.5. The molecule has 0 radical (unpaired) electrons. The van der Waals surface area contributed by atoms with Gasteiger partial charge in [0.2, 0.25) is 12.1 Å². The van der Waals surface area contributed by atoms with Crippen LogP contribution in [0.3, 0.4) is 0 Å². The molecule has 0 aliphatic carbocycles. The maximum absolute atomic E-state index is 7.36. The second kappa shape index (κ2) is 15.7. The summed E-state index contributed by atoms with van der Waals surface area (Å²) in [5, 5.41) is 0. The van der Waals surface area contributed by atoms with Crippen molar-refractivity contribution in [1.82, 2.24) is 0 Å². The van der Waals surface area contributed by atoms with Crippen molar-refractivity contribution in [3.63, 3.8) is 0 Å². The normalized spacial score (nSPS) is 19.3. The second-order valence-electron chi connectivity index (χ2n) is 19.7. The first-order valence-electron chi connectivity index (χ1n) is 22.0. The SMILES string of the molecule is CCc1cc(C(CCC[N+](CC)(CC)CC)CCC[N+](CC)(CC)CC)cc2c1OC13Oc4c(cc(C(C)(C)C)cc4C(C)(C)C)C=[N+]1CC(C)(C)[N+]3=C2. The molecule has 54 heavy (non-hydrogen) atoms. The van der Waals surface area contributed by atoms with Gasteiger partial charge in [0.05, 0.1) is 63.5 Å². The van der Waals surface area contributed by atoms with E-state index in [2.05, 4.69) is 150 Å². The largest absolute Gasteiger partial charge is 0.704 e. The van der Waals surface area contributed by atoms with E-state index in [-0.39, 0.29) is 16.4 Å². The standard InChI is InChI=1S/C48H80N4O2/c1-16-36-29-38(37(25-23-27-51(17-2,18-3)19-4)26-24-28-52(20-5,21-6)22-7)30-39-34-50-47(14,15)35-49-33-40-31-41(45(8,9)10)32-42(46(11,12)13)44(40)54-48(49,50)53-43(36)39/h29-34,37H,16-28,35H2,1-15H3/q+4. The molecule has 1 fully saturated rings. The van der Waals surface area contributed by atoms with Gasteiger partial charge in [0.25, 0.3) is 0 Å². The van der Waals surface area contributed by atoms with Gasteiger partial charge in [-0.1, -0.05) is 69.7 Å². The number of rotatable bonds is 16. The van der Waals surface area contributed by atoms with E-state index in [1.807, 2.05) is 0 Å². The molecule has 6 nitrogen and oxygen atoms in total. The van der Waals surface area contributed by atoms with Crippen LogP contribution in [0, 0.1) is 0 Å². The zero-order valence-corrected chi connectivity index (χ0v) is 37.5. The molecule has 2 aromatic carbocycles. The molecule has 1 atom stereocenters. The molecule has 3 aliphatic heterocycles. The Kier molecular flexibility index (Phi) is 12.3. The Morgan fingerprint density at radius 3 is 1.67 bits per heavy atom. The van der Waals surface area contributed by atoms with E-state index in [9.17, 15) is 0 Å². The van der Waals surface area contributed by atoms with Gasteiger partial charge in [-0.3, -0.25) is 0 Å². The summed E-state index contributed by atoms with van der Waals surface area (Å²) in [6.45, 7) is 45.7. The van der Waals surface area contributed by atoms with Crippen LogP contribution < -0.4 is 9.47 Å². The number of quaternary nitrogens is 2. The van der Waals surface area contributed by atoms with Gasteiger partial charge in [0.1, 0.15) is 0 Å². The summed E-state index contributed by atoms with van der Waals surface area (Å²) in [7, 11) is 0. The summed E-state index contributed by atoms with van der Waals surface area (Å²) < 4.78 is 21.8. The lowest BCUT2D eigenvalue weighted by molar-refractivity contribution is -0.923. The third-order valence-corrected chi connectivity index (χ3v) is 14.2. The van der Waals surface area contributed by atoms with Crippen molar-refractivity contribution in [2.45, 2.75) is 164 Å². The minimum Gasteiger partial charge on any atom is -0.340 e. The molecule has 300 valence electrons. The molecular formula is C48H80N4O2+4. The summed E-state index contributed by atoms with van der Waals surface area (Å²) in [4.78, 5) is 0. The molecule has 3 heterocycles. The van der Waals surface area contributed by atoms with E-state index in [4.69, 9.17) is 9.47 Å². The molecule has 6 heteroatoms. The molecule has 5 rings (SSSR count). The van der Waals surface area contributed by atoms with Gasteiger partial charge in [-0.25, -0.2) is 0 Å². The van der Waals surface area contributed by atoms with E-state index >= 15 is 0 Å². The highest BCUT2D eigenvalue weighted by Gasteiger charge is 2.75. The Balaban J connectivity index is 1.57. The van der Waals surface area contributed by atoms with Crippen molar-refractivity contribution < 1.29 is 27.6 Å². The summed E-state index contributed by atoms with van der Waals surface area (Å²) in [6, 6.07) is 8.65. The van der Waals surface area contributed by atoms with Crippen molar-refractivity contribution in [1.29, 1.82) is 0 Å². The average Bonchev–Trinajstić information content (AvgIpc) is 3.35. The maximum Gasteiger partial charge on any atom is 0.704 e. The van der Waals surface area contributed by atoms with Crippen molar-refractivity contribution in [3.05, 3.63) is 57.6 Å². The first-order valence-corrected chi connectivity index (χ1v) is 22.0. The van der Waals surface area contributed by atoms with Gasteiger partial charge >= 0.3 is 6.03 Å². The van der Waals surface area contributed by atoms with Crippen LogP contribution in [-0.2, 0) is 17.3 Å². The molecule has 0 N–H and O–H groups in total. The van der Waals surface area contributed by atoms with E-state index in [0.29, 0.717) is 5.92 Å². The van der Waals surface area contributed by atoms with Crippen LogP contribution in [0.4, 0.5) is 0 Å². The van der Waals surface area contributed by atoms with Crippen LogP contribution >= 0.6 is 0 Å². The predicted octanol–water partition coefficient (Wildman–Crippen LogP) is 9.99. The minimum absolute atomic E-state index is 0.0302. The van der Waals surface area contributed by atoms with Crippen molar-refractivity contribution in [2.75, 3.05) is 58.9 Å². The number of ether oxygens (including phenoxy) is 2. The Morgan fingerprint density at radius 1 is 0.667 bits per heavy atom. The van der Waals surface area contributed by atoms with Gasteiger partial charge in [-0.15, -0.1) is 0 Å². The first kappa shape index (κ1) is 42.4. The van der Waals surface area contributed by atoms with Gasteiger partial charge in [-0.05, 0) is 119 Å². The quantitative estimate of drug-likeness (QED) is 0.126. The first-order chi connectivity index (χ1) is 25.3. The molecule has 1 saturated heterocycles. The van der Waals surface area contributed by atoms with E-state index < -0.39 is 6.03 Å². The lowest BCUT2D eigenvalue weighted by atomic mass is 9.79. The molecule has 1 spiro atoms. The van der Waals surface area contributed by atoms with Gasteiger partial charge in [-0.2, -0.15) is 0 Å². The van der Waals surface area contributed by atoms with Crippen LogP contribution in [0.2, 0.25) is 0 Å². The fourth-order valence-electron chi connectivity index (χ4n) is 9.73. The molecule has 0 saturated carbocycles. The fourth-order valence-corrected chi connectivity index (χ4v) is 9.73. The molecular weight excluding hydrogens is 665 g/mol. The summed E-state index contributed by atoms with van der Waals surface area (Å²) in [6.07, 6.45) is 10.6. The monoisotopic (exact) mass is 745 g/mol. The summed E-state index contributed by atoms with van der Waals surface area (Å²) in [5.41, 5.74) is 7.42. The fraction of sp³-hybridized carbons (Fsp3) is 0.708. The second-order valence-corrected chi connectivity index (χ2v) is 19.7. The Bertz CT molecular complexity index is 1670. The molecule has 0 amide bonds. The number of nitrogens with zero attached hydrogens (tertiary/aromatic N) is 4. The molecule has 3 aliphatic rings. The number of aryl methyl sites for hydroxylation is 1. The zero-order chi connectivity index (χ0) is 39.9. The van der Waals surface area contributed by atoms with Crippen molar-refractivity contribution >= 4 is 12.4 Å². The summed E-state index contributed by atoms with van der Waals surface area (Å²) >= 11 is 0. The van der Waals surface area contributed by atoms with E-state index in [1.165, 1.54) is 115 Å². The highest BCUT2D eigenvalue weighted by atomic mass is 16.7. The van der Waals surface area contributed by atoms with Crippen LogP contribution in [0.5, 0.6) is 11.5 Å². The van der Waals surface area contributed by atoms with Crippen molar-refractivity contribution in [3.8, 4) is 11.5 Å². The maximum atomic E-state index is 7.36. The van der Waals surface area contributed by atoms with Crippen LogP contribution in [0.15, 0.2) is 24.3 Å².